The van der Waals surface area contributed by atoms with Gasteiger partial charge in [0.2, 0.25) is 11.8 Å². The number of carbonyl (C=O) groups excluding carboxylic acids is 2. The van der Waals surface area contributed by atoms with Crippen LogP contribution in [0, 0.1) is 5.92 Å². The molecule has 0 unspecified atom stereocenters. The van der Waals surface area contributed by atoms with Gasteiger partial charge in [-0.25, -0.2) is 0 Å². The molecule has 1 aliphatic rings. The second kappa shape index (κ2) is 8.12. The zero-order valence-corrected chi connectivity index (χ0v) is 11.9. The van der Waals surface area contributed by atoms with E-state index in [-0.39, 0.29) is 18.4 Å². The molecule has 0 radical (unpaired) electrons. The number of hydrogen-bond acceptors (Lipinski definition) is 4. The maximum absolute atomic E-state index is 11.9. The van der Waals surface area contributed by atoms with E-state index in [0.29, 0.717) is 51.7 Å². The Balaban J connectivity index is 2.28. The van der Waals surface area contributed by atoms with Crippen LogP contribution in [0.1, 0.15) is 20.3 Å². The summed E-state index contributed by atoms with van der Waals surface area (Å²) in [6.45, 7) is 7.39. The second-order valence-electron chi connectivity index (χ2n) is 5.20. The molecule has 0 atom stereocenters. The van der Waals surface area contributed by atoms with Crippen LogP contribution in [0.4, 0.5) is 0 Å². The summed E-state index contributed by atoms with van der Waals surface area (Å²) in [5, 5.41) is 0. The number of nitrogens with zero attached hydrogens (tertiary/aromatic N) is 2. The molecule has 6 nitrogen and oxygen atoms in total. The van der Waals surface area contributed by atoms with Gasteiger partial charge in [0.15, 0.2) is 0 Å². The Morgan fingerprint density at radius 1 is 1.11 bits per heavy atom. The van der Waals surface area contributed by atoms with Crippen LogP contribution < -0.4 is 5.73 Å². The third kappa shape index (κ3) is 5.57. The number of hydrogen-bond donors (Lipinski definition) is 1. The fraction of sp³-hybridized carbons (Fsp3) is 0.846. The topological polar surface area (TPSA) is 75.9 Å². The largest absolute Gasteiger partial charge is 0.370 e. The van der Waals surface area contributed by atoms with Gasteiger partial charge >= 0.3 is 0 Å². The van der Waals surface area contributed by atoms with E-state index in [9.17, 15) is 9.59 Å². The van der Waals surface area contributed by atoms with Crippen molar-refractivity contribution in [1.82, 2.24) is 9.80 Å². The fourth-order valence-electron chi connectivity index (χ4n) is 2.02. The quantitative estimate of drug-likeness (QED) is 0.672. The first-order valence-electron chi connectivity index (χ1n) is 6.88. The maximum Gasteiger partial charge on any atom is 0.248 e. The van der Waals surface area contributed by atoms with Crippen LogP contribution >= 0.6 is 0 Å². The van der Waals surface area contributed by atoms with Gasteiger partial charge in [-0.15, -0.1) is 0 Å². The summed E-state index contributed by atoms with van der Waals surface area (Å²) in [4.78, 5) is 27.2. The van der Waals surface area contributed by atoms with Crippen LogP contribution in [0.3, 0.4) is 0 Å². The standard InChI is InChI=1S/C13H25N3O3/c1-11(2)9-12(17)15-4-6-16(7-5-15)13(18)10-19-8-3-14/h11H,3-10,14H2,1-2H3. The van der Waals surface area contributed by atoms with Gasteiger partial charge in [0.1, 0.15) is 6.61 Å². The Kier molecular flexibility index (Phi) is 6.80. The van der Waals surface area contributed by atoms with Gasteiger partial charge in [0.05, 0.1) is 6.61 Å². The maximum atomic E-state index is 11.9. The Labute approximate surface area is 114 Å². The molecule has 1 heterocycles. The first-order chi connectivity index (χ1) is 9.04. The average Bonchev–Trinajstić information content (AvgIpc) is 2.38. The lowest BCUT2D eigenvalue weighted by Gasteiger charge is -2.35. The molecule has 1 aliphatic heterocycles. The first kappa shape index (κ1) is 15.9. The summed E-state index contributed by atoms with van der Waals surface area (Å²) < 4.78 is 5.13. The molecule has 0 saturated carbocycles. The van der Waals surface area contributed by atoms with E-state index in [1.807, 2.05) is 18.7 Å². The molecule has 1 rings (SSSR count). The molecule has 1 fully saturated rings. The Morgan fingerprint density at radius 2 is 1.63 bits per heavy atom. The van der Waals surface area contributed by atoms with Gasteiger partial charge in [0.25, 0.3) is 0 Å². The summed E-state index contributed by atoms with van der Waals surface area (Å²) in [6, 6.07) is 0. The van der Waals surface area contributed by atoms with Crippen molar-refractivity contribution >= 4 is 11.8 Å². The lowest BCUT2D eigenvalue weighted by molar-refractivity contribution is -0.142. The molecule has 110 valence electrons. The summed E-state index contributed by atoms with van der Waals surface area (Å²) >= 11 is 0. The van der Waals surface area contributed by atoms with Crippen molar-refractivity contribution in [2.75, 3.05) is 45.9 Å². The van der Waals surface area contributed by atoms with Gasteiger partial charge in [-0.3, -0.25) is 9.59 Å². The van der Waals surface area contributed by atoms with Crippen LogP contribution in [0.5, 0.6) is 0 Å². The van der Waals surface area contributed by atoms with Crippen molar-refractivity contribution in [3.63, 3.8) is 0 Å². The predicted molar refractivity (Wildman–Crippen MR) is 72.5 cm³/mol. The predicted octanol–water partition coefficient (Wildman–Crippen LogP) is -0.321. The van der Waals surface area contributed by atoms with Crippen molar-refractivity contribution in [2.24, 2.45) is 11.7 Å². The van der Waals surface area contributed by atoms with Crippen molar-refractivity contribution in [3.8, 4) is 0 Å². The Hall–Kier alpha value is -1.14. The smallest absolute Gasteiger partial charge is 0.248 e. The minimum Gasteiger partial charge on any atom is -0.370 e. The average molecular weight is 271 g/mol. The van der Waals surface area contributed by atoms with Gasteiger partial charge in [0, 0.05) is 39.1 Å². The highest BCUT2D eigenvalue weighted by Gasteiger charge is 2.24. The highest BCUT2D eigenvalue weighted by molar-refractivity contribution is 5.79. The number of ether oxygens (including phenoxy) is 1. The highest BCUT2D eigenvalue weighted by atomic mass is 16.5. The van der Waals surface area contributed by atoms with E-state index < -0.39 is 0 Å². The minimum absolute atomic E-state index is 0.0237. The molecular formula is C13H25N3O3. The summed E-state index contributed by atoms with van der Waals surface area (Å²) in [5.74, 6) is 0.530. The molecular weight excluding hydrogens is 246 g/mol. The molecule has 6 heteroatoms. The third-order valence-electron chi connectivity index (χ3n) is 3.06. The molecule has 1 saturated heterocycles. The van der Waals surface area contributed by atoms with Crippen molar-refractivity contribution in [1.29, 1.82) is 0 Å². The van der Waals surface area contributed by atoms with E-state index >= 15 is 0 Å². The minimum atomic E-state index is -0.0237. The van der Waals surface area contributed by atoms with E-state index in [1.165, 1.54) is 0 Å². The number of rotatable bonds is 6. The van der Waals surface area contributed by atoms with Gasteiger partial charge in [-0.2, -0.15) is 0 Å². The fourth-order valence-corrected chi connectivity index (χ4v) is 2.02. The van der Waals surface area contributed by atoms with Crippen LogP contribution in [-0.2, 0) is 14.3 Å². The molecule has 0 aromatic carbocycles. The molecule has 0 aliphatic carbocycles. The van der Waals surface area contributed by atoms with Gasteiger partial charge in [-0.05, 0) is 5.92 Å². The number of piperazine rings is 1. The molecule has 2 N–H and O–H groups in total. The molecule has 19 heavy (non-hydrogen) atoms. The van der Waals surface area contributed by atoms with E-state index in [1.54, 1.807) is 4.90 Å². The van der Waals surface area contributed by atoms with Crippen LogP contribution in [0.15, 0.2) is 0 Å². The lowest BCUT2D eigenvalue weighted by atomic mass is 10.1. The first-order valence-corrected chi connectivity index (χ1v) is 6.88. The van der Waals surface area contributed by atoms with E-state index in [4.69, 9.17) is 10.5 Å². The van der Waals surface area contributed by atoms with Crippen molar-refractivity contribution in [2.45, 2.75) is 20.3 Å². The number of carbonyl (C=O) groups is 2. The lowest BCUT2D eigenvalue weighted by Crippen LogP contribution is -2.51. The summed E-state index contributed by atoms with van der Waals surface area (Å²) in [5.41, 5.74) is 5.29. The van der Waals surface area contributed by atoms with Crippen LogP contribution in [0.25, 0.3) is 0 Å². The third-order valence-corrected chi connectivity index (χ3v) is 3.06. The Bertz CT molecular complexity index is 300. The monoisotopic (exact) mass is 271 g/mol. The SMILES string of the molecule is CC(C)CC(=O)N1CCN(C(=O)COCCN)CC1. The van der Waals surface area contributed by atoms with Crippen LogP contribution in [0.2, 0.25) is 0 Å². The zero-order chi connectivity index (χ0) is 14.3. The molecule has 0 aromatic heterocycles. The molecule has 0 aromatic rings. The summed E-state index contributed by atoms with van der Waals surface area (Å²) in [6.07, 6.45) is 0.577. The molecule has 2 amide bonds. The Morgan fingerprint density at radius 3 is 2.11 bits per heavy atom. The van der Waals surface area contributed by atoms with Gasteiger partial charge < -0.3 is 20.3 Å². The van der Waals surface area contributed by atoms with E-state index in [0.717, 1.165) is 0 Å². The molecule has 0 spiro atoms. The summed E-state index contributed by atoms with van der Waals surface area (Å²) in [7, 11) is 0. The van der Waals surface area contributed by atoms with E-state index in [2.05, 4.69) is 0 Å². The van der Waals surface area contributed by atoms with Crippen molar-refractivity contribution < 1.29 is 14.3 Å². The normalized spacial score (nSPS) is 16.0. The zero-order valence-electron chi connectivity index (χ0n) is 11.9. The second-order valence-corrected chi connectivity index (χ2v) is 5.20. The van der Waals surface area contributed by atoms with Crippen LogP contribution in [-0.4, -0.2) is 67.6 Å². The van der Waals surface area contributed by atoms with Crippen molar-refractivity contribution in [3.05, 3.63) is 0 Å². The number of nitrogens with two attached hydrogens (primary N) is 1. The molecule has 0 bridgehead atoms. The highest BCUT2D eigenvalue weighted by Crippen LogP contribution is 2.08. The van der Waals surface area contributed by atoms with Gasteiger partial charge in [-0.1, -0.05) is 13.8 Å². The number of amides is 2.